The molecule has 90 valence electrons. The Morgan fingerprint density at radius 1 is 1.44 bits per heavy atom. The summed E-state index contributed by atoms with van der Waals surface area (Å²) in [7, 11) is 3.94. The molecular weight excluding hydrogens is 222 g/mol. The quantitative estimate of drug-likeness (QED) is 0.858. The Labute approximate surface area is 100 Å². The molecule has 0 spiro atoms. The van der Waals surface area contributed by atoms with Gasteiger partial charge in [-0.3, -0.25) is 0 Å². The Morgan fingerprint density at radius 3 is 2.88 bits per heavy atom. The molecule has 5 nitrogen and oxygen atoms in total. The minimum Gasteiger partial charge on any atom is -0.316 e. The van der Waals surface area contributed by atoms with E-state index in [1.165, 1.54) is 19.3 Å². The lowest BCUT2D eigenvalue weighted by Gasteiger charge is -2.33. The van der Waals surface area contributed by atoms with Gasteiger partial charge in [0.25, 0.3) is 0 Å². The lowest BCUT2D eigenvalue weighted by Crippen LogP contribution is -2.40. The Morgan fingerprint density at radius 2 is 2.25 bits per heavy atom. The van der Waals surface area contributed by atoms with Gasteiger partial charge in [-0.2, -0.15) is 0 Å². The molecule has 1 aliphatic rings. The van der Waals surface area contributed by atoms with E-state index in [1.54, 1.807) is 16.4 Å². The molecule has 3 unspecified atom stereocenters. The van der Waals surface area contributed by atoms with Crippen LogP contribution in [0.1, 0.15) is 26.2 Å². The van der Waals surface area contributed by atoms with E-state index in [-0.39, 0.29) is 0 Å². The van der Waals surface area contributed by atoms with Crippen molar-refractivity contribution in [1.29, 1.82) is 0 Å². The third-order valence-electron chi connectivity index (χ3n) is 3.26. The second-order valence-electron chi connectivity index (χ2n) is 4.55. The van der Waals surface area contributed by atoms with E-state index < -0.39 is 0 Å². The van der Waals surface area contributed by atoms with Crippen molar-refractivity contribution in [3.8, 4) is 0 Å². The average molecular weight is 241 g/mol. The molecule has 0 radical (unpaired) electrons. The largest absolute Gasteiger partial charge is 0.316 e. The molecule has 1 aromatic heterocycles. The number of nitrogens with one attached hydrogen (secondary N) is 1. The van der Waals surface area contributed by atoms with Gasteiger partial charge in [-0.15, -0.1) is 5.10 Å². The summed E-state index contributed by atoms with van der Waals surface area (Å²) in [5.41, 5.74) is 0. The van der Waals surface area contributed by atoms with Gasteiger partial charge >= 0.3 is 0 Å². The maximum Gasteiger partial charge on any atom is 0.209 e. The van der Waals surface area contributed by atoms with Crippen LogP contribution in [0.2, 0.25) is 0 Å². The monoisotopic (exact) mass is 241 g/mol. The fourth-order valence-electron chi connectivity index (χ4n) is 2.25. The standard InChI is InChI=1S/C10H19N5S/c1-7-4-5-8(11-2)9(6-7)16-10-12-13-14-15(10)3/h7-9,11H,4-6H2,1-3H3. The van der Waals surface area contributed by atoms with Crippen molar-refractivity contribution in [2.75, 3.05) is 7.05 Å². The Hall–Kier alpha value is -0.620. The predicted molar refractivity (Wildman–Crippen MR) is 64.3 cm³/mol. The number of aromatic nitrogens is 4. The Bertz CT molecular complexity index is 340. The van der Waals surface area contributed by atoms with Crippen LogP contribution in [0, 0.1) is 5.92 Å². The van der Waals surface area contributed by atoms with Crippen LogP contribution in [0.25, 0.3) is 0 Å². The highest BCUT2D eigenvalue weighted by Crippen LogP contribution is 2.34. The molecule has 2 rings (SSSR count). The first kappa shape index (κ1) is 11.9. The van der Waals surface area contributed by atoms with Crippen molar-refractivity contribution in [2.45, 2.75) is 42.6 Å². The zero-order valence-electron chi connectivity index (χ0n) is 10.1. The summed E-state index contributed by atoms with van der Waals surface area (Å²) in [5.74, 6) is 0.809. The van der Waals surface area contributed by atoms with Gasteiger partial charge in [0.2, 0.25) is 5.16 Å². The number of nitrogens with zero attached hydrogens (tertiary/aromatic N) is 4. The smallest absolute Gasteiger partial charge is 0.209 e. The molecule has 3 atom stereocenters. The number of hydrogen-bond donors (Lipinski definition) is 1. The number of thioether (sulfide) groups is 1. The van der Waals surface area contributed by atoms with Crippen molar-refractivity contribution >= 4 is 11.8 Å². The van der Waals surface area contributed by atoms with E-state index in [4.69, 9.17) is 0 Å². The molecule has 16 heavy (non-hydrogen) atoms. The number of aryl methyl sites for hydroxylation is 1. The molecule has 0 bridgehead atoms. The maximum atomic E-state index is 4.04. The zero-order chi connectivity index (χ0) is 11.5. The van der Waals surface area contributed by atoms with E-state index in [0.29, 0.717) is 11.3 Å². The molecule has 1 saturated carbocycles. The molecule has 0 aromatic carbocycles. The molecular formula is C10H19N5S. The predicted octanol–water partition coefficient (Wildman–Crippen LogP) is 1.08. The minimum atomic E-state index is 0.581. The minimum absolute atomic E-state index is 0.581. The van der Waals surface area contributed by atoms with E-state index in [0.717, 1.165) is 11.1 Å². The first-order chi connectivity index (χ1) is 7.70. The highest BCUT2D eigenvalue weighted by atomic mass is 32.2. The SMILES string of the molecule is CNC1CCC(C)CC1Sc1nnnn1C. The van der Waals surface area contributed by atoms with E-state index in [2.05, 4.69) is 27.8 Å². The normalized spacial score (nSPS) is 30.6. The van der Waals surface area contributed by atoms with Gasteiger partial charge in [0.05, 0.1) is 0 Å². The summed E-state index contributed by atoms with van der Waals surface area (Å²) in [4.78, 5) is 0. The maximum absolute atomic E-state index is 4.04. The highest BCUT2D eigenvalue weighted by Gasteiger charge is 2.29. The van der Waals surface area contributed by atoms with E-state index >= 15 is 0 Å². The van der Waals surface area contributed by atoms with Crippen LogP contribution in [-0.4, -0.2) is 38.5 Å². The van der Waals surface area contributed by atoms with Gasteiger partial charge in [0.15, 0.2) is 0 Å². The Kier molecular flexibility index (Phi) is 3.81. The van der Waals surface area contributed by atoms with Crippen LogP contribution in [0.5, 0.6) is 0 Å². The molecule has 6 heteroatoms. The average Bonchev–Trinajstić information content (AvgIpc) is 2.65. The van der Waals surface area contributed by atoms with Crippen LogP contribution < -0.4 is 5.32 Å². The van der Waals surface area contributed by atoms with Crippen molar-refractivity contribution in [1.82, 2.24) is 25.5 Å². The number of hydrogen-bond acceptors (Lipinski definition) is 5. The molecule has 1 fully saturated rings. The van der Waals surface area contributed by atoms with Crippen LogP contribution in [0.3, 0.4) is 0 Å². The summed E-state index contributed by atoms with van der Waals surface area (Å²) in [5, 5.41) is 16.5. The third-order valence-corrected chi connectivity index (χ3v) is 4.64. The summed E-state index contributed by atoms with van der Waals surface area (Å²) in [6.07, 6.45) is 3.81. The number of rotatable bonds is 3. The van der Waals surface area contributed by atoms with Crippen molar-refractivity contribution in [2.24, 2.45) is 13.0 Å². The summed E-state index contributed by atoms with van der Waals surface area (Å²) in [6, 6.07) is 0.581. The van der Waals surface area contributed by atoms with E-state index in [1.807, 2.05) is 14.1 Å². The molecule has 0 aliphatic heterocycles. The Balaban J connectivity index is 2.03. The zero-order valence-corrected chi connectivity index (χ0v) is 10.9. The lowest BCUT2D eigenvalue weighted by atomic mass is 9.87. The van der Waals surface area contributed by atoms with Gasteiger partial charge in [0.1, 0.15) is 0 Å². The van der Waals surface area contributed by atoms with Gasteiger partial charge in [0, 0.05) is 18.3 Å². The molecule has 0 amide bonds. The first-order valence-corrected chi connectivity index (χ1v) is 6.65. The lowest BCUT2D eigenvalue weighted by molar-refractivity contribution is 0.328. The second kappa shape index (κ2) is 5.14. The van der Waals surface area contributed by atoms with Crippen molar-refractivity contribution < 1.29 is 0 Å². The van der Waals surface area contributed by atoms with Gasteiger partial charge in [-0.05, 0) is 42.7 Å². The van der Waals surface area contributed by atoms with Crippen LogP contribution in [0.4, 0.5) is 0 Å². The molecule has 1 aliphatic carbocycles. The molecule has 0 saturated heterocycles. The van der Waals surface area contributed by atoms with Crippen molar-refractivity contribution in [3.63, 3.8) is 0 Å². The third kappa shape index (κ3) is 2.55. The second-order valence-corrected chi connectivity index (χ2v) is 5.76. The topological polar surface area (TPSA) is 55.6 Å². The fraction of sp³-hybridized carbons (Fsp3) is 0.900. The van der Waals surface area contributed by atoms with E-state index in [9.17, 15) is 0 Å². The number of tetrazole rings is 1. The van der Waals surface area contributed by atoms with Gasteiger partial charge in [-0.25, -0.2) is 4.68 Å². The molecule has 1 aromatic rings. The summed E-state index contributed by atoms with van der Waals surface area (Å²) >= 11 is 1.80. The summed E-state index contributed by atoms with van der Waals surface area (Å²) < 4.78 is 1.75. The van der Waals surface area contributed by atoms with Crippen LogP contribution in [0.15, 0.2) is 5.16 Å². The van der Waals surface area contributed by atoms with Gasteiger partial charge < -0.3 is 5.32 Å². The molecule has 1 heterocycles. The first-order valence-electron chi connectivity index (χ1n) is 5.77. The highest BCUT2D eigenvalue weighted by molar-refractivity contribution is 7.99. The van der Waals surface area contributed by atoms with Gasteiger partial charge in [-0.1, -0.05) is 18.7 Å². The van der Waals surface area contributed by atoms with Crippen molar-refractivity contribution in [3.05, 3.63) is 0 Å². The van der Waals surface area contributed by atoms with Crippen LogP contribution >= 0.6 is 11.8 Å². The molecule has 1 N–H and O–H groups in total. The van der Waals surface area contributed by atoms with Crippen LogP contribution in [-0.2, 0) is 7.05 Å². The fourth-order valence-corrected chi connectivity index (χ4v) is 3.65. The summed E-state index contributed by atoms with van der Waals surface area (Å²) in [6.45, 7) is 2.33.